The van der Waals surface area contributed by atoms with E-state index in [1.165, 1.54) is 12.7 Å². The maximum Gasteiger partial charge on any atom is 0.307 e. The number of ether oxygens (including phenoxy) is 1. The molecular weight excluding hydrogens is 352 g/mol. The van der Waals surface area contributed by atoms with Gasteiger partial charge >= 0.3 is 5.97 Å². The Morgan fingerprint density at radius 1 is 1.23 bits per heavy atom. The second-order valence-corrected chi connectivity index (χ2v) is 7.98. The van der Waals surface area contributed by atoms with Crippen molar-refractivity contribution >= 4 is 24.3 Å². The van der Waals surface area contributed by atoms with Crippen LogP contribution in [0.25, 0.3) is 0 Å². The number of hydrogen-bond acceptors (Lipinski definition) is 4. The van der Waals surface area contributed by atoms with Crippen LogP contribution >= 0.6 is 12.4 Å². The van der Waals surface area contributed by atoms with Gasteiger partial charge in [0.25, 0.3) is 0 Å². The van der Waals surface area contributed by atoms with Crippen molar-refractivity contribution in [1.29, 1.82) is 0 Å². The highest BCUT2D eigenvalue weighted by molar-refractivity contribution is 5.85. The summed E-state index contributed by atoms with van der Waals surface area (Å²) < 4.78 is 4.79. The summed E-state index contributed by atoms with van der Waals surface area (Å²) in [5.41, 5.74) is 8.09. The van der Waals surface area contributed by atoms with E-state index in [1.807, 2.05) is 12.1 Å². The van der Waals surface area contributed by atoms with Crippen molar-refractivity contribution in [3.8, 4) is 0 Å². The highest BCUT2D eigenvalue weighted by Crippen LogP contribution is 2.28. The van der Waals surface area contributed by atoms with Crippen LogP contribution in [0, 0.1) is 5.92 Å². The minimum atomic E-state index is -0.384. The molecule has 6 heteroatoms. The number of methoxy groups -OCH3 is 1. The number of carbonyl (C=O) groups is 2. The molecule has 0 heterocycles. The predicted octanol–water partition coefficient (Wildman–Crippen LogP) is 3.25. The fraction of sp³-hybridized carbons (Fsp3) is 0.600. The number of hydrogen-bond donors (Lipinski definition) is 2. The summed E-state index contributed by atoms with van der Waals surface area (Å²) in [6.07, 6.45) is 2.51. The predicted molar refractivity (Wildman–Crippen MR) is 105 cm³/mol. The first-order chi connectivity index (χ1) is 11.7. The molecule has 5 nitrogen and oxygen atoms in total. The molecule has 0 aliphatic heterocycles. The van der Waals surface area contributed by atoms with Gasteiger partial charge in [0.15, 0.2) is 0 Å². The maximum absolute atomic E-state index is 12.6. The molecule has 3 unspecified atom stereocenters. The summed E-state index contributed by atoms with van der Waals surface area (Å²) in [5, 5.41) is 3.02. The highest BCUT2D eigenvalue weighted by Gasteiger charge is 2.30. The Hall–Kier alpha value is -1.59. The lowest BCUT2D eigenvalue weighted by Crippen LogP contribution is -2.35. The van der Waals surface area contributed by atoms with E-state index >= 15 is 0 Å². The van der Waals surface area contributed by atoms with Gasteiger partial charge in [-0.05, 0) is 35.8 Å². The standard InChI is InChI=1S/C20H30N2O3.ClH/c1-20(2,3)15-8-5-13(6-9-15)17(12-18(23)25-4)22-19(24)14-7-10-16(21)11-14;/h5-6,8-9,14,16-17H,7,10-12,21H2,1-4H3,(H,22,24);1H. The van der Waals surface area contributed by atoms with Crippen molar-refractivity contribution in [1.82, 2.24) is 5.32 Å². The number of carbonyl (C=O) groups excluding carboxylic acids is 2. The Labute approximate surface area is 162 Å². The lowest BCUT2D eigenvalue weighted by atomic mass is 9.86. The minimum absolute atomic E-state index is 0. The third-order valence-corrected chi connectivity index (χ3v) is 4.94. The molecule has 1 saturated carbocycles. The molecule has 3 atom stereocenters. The number of halogens is 1. The first kappa shape index (κ1) is 22.5. The average molecular weight is 383 g/mol. The molecule has 1 aliphatic carbocycles. The van der Waals surface area contributed by atoms with Crippen LogP contribution in [-0.2, 0) is 19.7 Å². The summed E-state index contributed by atoms with van der Waals surface area (Å²) in [6, 6.07) is 7.78. The second-order valence-electron chi connectivity index (χ2n) is 7.98. The van der Waals surface area contributed by atoms with Gasteiger partial charge in [0.2, 0.25) is 5.91 Å². The van der Waals surface area contributed by atoms with Crippen molar-refractivity contribution in [2.45, 2.75) is 64.0 Å². The van der Waals surface area contributed by atoms with Crippen molar-refractivity contribution in [2.75, 3.05) is 7.11 Å². The molecule has 1 aliphatic rings. The molecule has 26 heavy (non-hydrogen) atoms. The van der Waals surface area contributed by atoms with Gasteiger partial charge in [-0.25, -0.2) is 0 Å². The van der Waals surface area contributed by atoms with E-state index in [4.69, 9.17) is 10.5 Å². The van der Waals surface area contributed by atoms with Gasteiger partial charge in [-0.1, -0.05) is 45.0 Å². The Balaban J connectivity index is 0.00000338. The van der Waals surface area contributed by atoms with Crippen LogP contribution in [0.3, 0.4) is 0 Å². The zero-order chi connectivity index (χ0) is 18.6. The highest BCUT2D eigenvalue weighted by atomic mass is 35.5. The van der Waals surface area contributed by atoms with E-state index in [0.717, 1.165) is 18.4 Å². The summed E-state index contributed by atoms with van der Waals surface area (Å²) >= 11 is 0. The van der Waals surface area contributed by atoms with Gasteiger partial charge in [-0.3, -0.25) is 9.59 Å². The monoisotopic (exact) mass is 382 g/mol. The molecule has 0 radical (unpaired) electrons. The third-order valence-electron chi connectivity index (χ3n) is 4.94. The van der Waals surface area contributed by atoms with E-state index in [9.17, 15) is 9.59 Å². The molecule has 1 aromatic rings. The quantitative estimate of drug-likeness (QED) is 0.766. The van der Waals surface area contributed by atoms with Crippen molar-refractivity contribution in [3.05, 3.63) is 35.4 Å². The van der Waals surface area contributed by atoms with Gasteiger partial charge < -0.3 is 15.8 Å². The summed E-state index contributed by atoms with van der Waals surface area (Å²) in [7, 11) is 1.36. The number of benzene rings is 1. The van der Waals surface area contributed by atoms with E-state index in [-0.39, 0.29) is 54.1 Å². The number of amides is 1. The van der Waals surface area contributed by atoms with Crippen LogP contribution in [0.4, 0.5) is 0 Å². The minimum Gasteiger partial charge on any atom is -0.469 e. The van der Waals surface area contributed by atoms with E-state index < -0.39 is 0 Å². The second kappa shape index (κ2) is 9.38. The molecule has 146 valence electrons. The van der Waals surface area contributed by atoms with Crippen LogP contribution in [0.5, 0.6) is 0 Å². The Bertz CT molecular complexity index is 610. The fourth-order valence-corrected chi connectivity index (χ4v) is 3.26. The largest absolute Gasteiger partial charge is 0.469 e. The zero-order valence-corrected chi connectivity index (χ0v) is 16.9. The maximum atomic E-state index is 12.6. The van der Waals surface area contributed by atoms with Crippen molar-refractivity contribution < 1.29 is 14.3 Å². The Morgan fingerprint density at radius 2 is 1.85 bits per heavy atom. The normalized spacial score (nSPS) is 20.8. The van der Waals surface area contributed by atoms with E-state index in [1.54, 1.807) is 0 Å². The van der Waals surface area contributed by atoms with Crippen molar-refractivity contribution in [2.24, 2.45) is 11.7 Å². The Kier molecular flexibility index (Phi) is 8.10. The molecule has 0 aromatic heterocycles. The first-order valence-corrected chi connectivity index (χ1v) is 8.94. The van der Waals surface area contributed by atoms with Crippen LogP contribution in [0.1, 0.15) is 63.6 Å². The summed E-state index contributed by atoms with van der Waals surface area (Å²) in [6.45, 7) is 6.46. The van der Waals surface area contributed by atoms with E-state index in [2.05, 4.69) is 38.2 Å². The lowest BCUT2D eigenvalue weighted by molar-refractivity contribution is -0.141. The van der Waals surface area contributed by atoms with Gasteiger partial charge in [0.05, 0.1) is 19.6 Å². The van der Waals surface area contributed by atoms with Gasteiger partial charge in [0.1, 0.15) is 0 Å². The van der Waals surface area contributed by atoms with E-state index in [0.29, 0.717) is 6.42 Å². The average Bonchev–Trinajstić information content (AvgIpc) is 3.00. The number of nitrogens with one attached hydrogen (secondary N) is 1. The SMILES string of the molecule is COC(=O)CC(NC(=O)C1CCC(N)C1)c1ccc(C(C)(C)C)cc1.Cl. The molecule has 1 aromatic carbocycles. The van der Waals surface area contributed by atoms with Crippen LogP contribution in [-0.4, -0.2) is 25.0 Å². The van der Waals surface area contributed by atoms with Crippen LogP contribution in [0.2, 0.25) is 0 Å². The Morgan fingerprint density at radius 3 is 2.31 bits per heavy atom. The molecule has 1 fully saturated rings. The molecule has 1 amide bonds. The van der Waals surface area contributed by atoms with Crippen LogP contribution < -0.4 is 11.1 Å². The zero-order valence-electron chi connectivity index (χ0n) is 16.1. The topological polar surface area (TPSA) is 81.4 Å². The first-order valence-electron chi connectivity index (χ1n) is 8.94. The van der Waals surface area contributed by atoms with Crippen molar-refractivity contribution in [3.63, 3.8) is 0 Å². The molecule has 2 rings (SSSR count). The smallest absolute Gasteiger partial charge is 0.307 e. The molecule has 0 bridgehead atoms. The van der Waals surface area contributed by atoms with Gasteiger partial charge in [-0.2, -0.15) is 0 Å². The van der Waals surface area contributed by atoms with Crippen LogP contribution in [0.15, 0.2) is 24.3 Å². The number of nitrogens with two attached hydrogens (primary N) is 1. The lowest BCUT2D eigenvalue weighted by Gasteiger charge is -2.23. The molecule has 3 N–H and O–H groups in total. The summed E-state index contributed by atoms with van der Waals surface area (Å²) in [5.74, 6) is -0.431. The number of rotatable bonds is 5. The summed E-state index contributed by atoms with van der Waals surface area (Å²) in [4.78, 5) is 24.3. The van der Waals surface area contributed by atoms with Gasteiger partial charge in [-0.15, -0.1) is 12.4 Å². The third kappa shape index (κ3) is 5.99. The molecule has 0 saturated heterocycles. The number of esters is 1. The fourth-order valence-electron chi connectivity index (χ4n) is 3.26. The molecular formula is C20H31ClN2O3. The molecule has 0 spiro atoms. The van der Waals surface area contributed by atoms with Gasteiger partial charge in [0, 0.05) is 12.0 Å².